The SMILES string of the molecule is Cc1nn(C)c(C)c1S(=O)(=O)NC(C)C(=O)N(C1CC1)C(C)C(=O)O. The van der Waals surface area contributed by atoms with Crippen molar-refractivity contribution < 1.29 is 23.1 Å². The molecule has 1 aromatic heterocycles. The molecule has 2 N–H and O–H groups in total. The van der Waals surface area contributed by atoms with Crippen molar-refractivity contribution in [1.82, 2.24) is 19.4 Å². The van der Waals surface area contributed by atoms with Crippen molar-refractivity contribution in [3.8, 4) is 0 Å². The molecule has 0 aromatic carbocycles. The normalized spacial score (nSPS) is 17.2. The van der Waals surface area contributed by atoms with Crippen molar-refractivity contribution in [2.45, 2.75) is 63.6 Å². The first-order chi connectivity index (χ1) is 11.5. The highest BCUT2D eigenvalue weighted by molar-refractivity contribution is 7.89. The summed E-state index contributed by atoms with van der Waals surface area (Å²) in [4.78, 5) is 25.2. The van der Waals surface area contributed by atoms with E-state index in [2.05, 4.69) is 9.82 Å². The number of hydrogen-bond donors (Lipinski definition) is 2. The van der Waals surface area contributed by atoms with Crippen LogP contribution in [0.15, 0.2) is 4.90 Å². The predicted molar refractivity (Wildman–Crippen MR) is 89.4 cm³/mol. The van der Waals surface area contributed by atoms with Crippen molar-refractivity contribution in [2.75, 3.05) is 0 Å². The van der Waals surface area contributed by atoms with Gasteiger partial charge in [-0.05, 0) is 40.5 Å². The lowest BCUT2D eigenvalue weighted by Gasteiger charge is -2.29. The monoisotopic (exact) mass is 372 g/mol. The van der Waals surface area contributed by atoms with Crippen LogP contribution in [0.5, 0.6) is 0 Å². The third-order valence-corrected chi connectivity index (χ3v) is 6.18. The van der Waals surface area contributed by atoms with E-state index in [1.54, 1.807) is 20.9 Å². The summed E-state index contributed by atoms with van der Waals surface area (Å²) in [6, 6.07) is -2.23. The Morgan fingerprint density at radius 2 is 1.88 bits per heavy atom. The summed E-state index contributed by atoms with van der Waals surface area (Å²) in [5, 5.41) is 13.3. The molecule has 2 unspecified atom stereocenters. The number of sulfonamides is 1. The second-order valence-electron chi connectivity index (χ2n) is 6.46. The van der Waals surface area contributed by atoms with Gasteiger partial charge in [-0.15, -0.1) is 0 Å². The van der Waals surface area contributed by atoms with Gasteiger partial charge in [0.05, 0.1) is 17.4 Å². The number of carboxylic acid groups (broad SMARTS) is 1. The van der Waals surface area contributed by atoms with Crippen molar-refractivity contribution in [2.24, 2.45) is 7.05 Å². The van der Waals surface area contributed by atoms with Crippen LogP contribution in [0.4, 0.5) is 0 Å². The standard InChI is InChI=1S/C15H24N4O5S/c1-8-13(10(3)18(5)16-8)25(23,24)17-9(2)14(20)19(12-6-7-12)11(4)15(21)22/h9,11-12,17H,6-7H2,1-5H3,(H,21,22). The molecular formula is C15H24N4O5S. The number of hydrogen-bond acceptors (Lipinski definition) is 5. The van der Waals surface area contributed by atoms with Crippen LogP contribution in [0.1, 0.15) is 38.1 Å². The van der Waals surface area contributed by atoms with E-state index >= 15 is 0 Å². The molecule has 0 saturated heterocycles. The Bertz CT molecular complexity index is 797. The summed E-state index contributed by atoms with van der Waals surface area (Å²) in [7, 11) is -2.32. The number of carboxylic acids is 1. The summed E-state index contributed by atoms with van der Waals surface area (Å²) >= 11 is 0. The first kappa shape index (κ1) is 19.4. The molecule has 25 heavy (non-hydrogen) atoms. The maximum Gasteiger partial charge on any atom is 0.326 e. The van der Waals surface area contributed by atoms with Gasteiger partial charge in [0.25, 0.3) is 0 Å². The summed E-state index contributed by atoms with van der Waals surface area (Å²) < 4.78 is 29.1. The highest BCUT2D eigenvalue weighted by atomic mass is 32.2. The molecule has 1 aliphatic rings. The van der Waals surface area contributed by atoms with Crippen molar-refractivity contribution in [3.05, 3.63) is 11.4 Å². The minimum atomic E-state index is -3.96. The molecule has 1 amide bonds. The zero-order chi connectivity index (χ0) is 19.1. The van der Waals surface area contributed by atoms with Gasteiger partial charge in [0.2, 0.25) is 15.9 Å². The lowest BCUT2D eigenvalue weighted by Crippen LogP contribution is -2.52. The quantitative estimate of drug-likeness (QED) is 0.703. The topological polar surface area (TPSA) is 122 Å². The fourth-order valence-corrected chi connectivity index (χ4v) is 4.50. The van der Waals surface area contributed by atoms with E-state index in [0.717, 1.165) is 12.8 Å². The number of amides is 1. The molecule has 1 aliphatic carbocycles. The molecule has 0 radical (unpaired) electrons. The molecule has 1 aromatic rings. The van der Waals surface area contributed by atoms with Gasteiger partial charge in [0, 0.05) is 13.1 Å². The van der Waals surface area contributed by atoms with E-state index in [1.165, 1.54) is 23.4 Å². The zero-order valence-electron chi connectivity index (χ0n) is 15.0. The van der Waals surface area contributed by atoms with Gasteiger partial charge in [0.1, 0.15) is 10.9 Å². The Labute approximate surface area is 147 Å². The molecular weight excluding hydrogens is 348 g/mol. The van der Waals surface area contributed by atoms with Crippen LogP contribution >= 0.6 is 0 Å². The van der Waals surface area contributed by atoms with Gasteiger partial charge >= 0.3 is 5.97 Å². The highest BCUT2D eigenvalue weighted by Gasteiger charge is 2.41. The fourth-order valence-electron chi connectivity index (χ4n) is 2.87. The van der Waals surface area contributed by atoms with Crippen LogP contribution < -0.4 is 4.72 Å². The van der Waals surface area contributed by atoms with E-state index in [1.807, 2.05) is 0 Å². The van der Waals surface area contributed by atoms with Crippen LogP contribution in [-0.2, 0) is 26.7 Å². The maximum atomic E-state index is 12.7. The number of carbonyl (C=O) groups excluding carboxylic acids is 1. The third-order valence-electron chi connectivity index (χ3n) is 4.38. The summed E-state index contributed by atoms with van der Waals surface area (Å²) in [6.45, 7) is 6.06. The molecule has 140 valence electrons. The molecule has 9 nitrogen and oxygen atoms in total. The first-order valence-corrected chi connectivity index (χ1v) is 9.53. The smallest absolute Gasteiger partial charge is 0.326 e. The van der Waals surface area contributed by atoms with Crippen LogP contribution in [0.2, 0.25) is 0 Å². The Morgan fingerprint density at radius 3 is 2.28 bits per heavy atom. The van der Waals surface area contributed by atoms with Gasteiger partial charge in [0.15, 0.2) is 0 Å². The molecule has 1 saturated carbocycles. The van der Waals surface area contributed by atoms with Gasteiger partial charge in [-0.25, -0.2) is 13.2 Å². The zero-order valence-corrected chi connectivity index (χ0v) is 15.8. The minimum Gasteiger partial charge on any atom is -0.480 e. The third kappa shape index (κ3) is 3.84. The molecule has 1 heterocycles. The van der Waals surface area contributed by atoms with Gasteiger partial charge < -0.3 is 10.0 Å². The molecule has 2 rings (SSSR count). The molecule has 10 heteroatoms. The summed E-state index contributed by atoms with van der Waals surface area (Å²) in [5.74, 6) is -1.66. The highest BCUT2D eigenvalue weighted by Crippen LogP contribution is 2.29. The Morgan fingerprint density at radius 1 is 1.32 bits per heavy atom. The van der Waals surface area contributed by atoms with Crippen LogP contribution in [0.25, 0.3) is 0 Å². The van der Waals surface area contributed by atoms with Crippen LogP contribution in [-0.4, -0.2) is 58.2 Å². The summed E-state index contributed by atoms with van der Waals surface area (Å²) in [6.07, 6.45) is 1.45. The molecule has 0 spiro atoms. The lowest BCUT2D eigenvalue weighted by molar-refractivity contribution is -0.150. The van der Waals surface area contributed by atoms with Gasteiger partial charge in [-0.1, -0.05) is 0 Å². The van der Waals surface area contributed by atoms with E-state index in [0.29, 0.717) is 11.4 Å². The van der Waals surface area contributed by atoms with Gasteiger partial charge in [-0.2, -0.15) is 9.82 Å². The second kappa shape index (κ2) is 6.75. The molecule has 0 aliphatic heterocycles. The Balaban J connectivity index is 2.23. The Hall–Kier alpha value is -1.94. The van der Waals surface area contributed by atoms with E-state index < -0.39 is 34.0 Å². The lowest BCUT2D eigenvalue weighted by atomic mass is 10.2. The maximum absolute atomic E-state index is 12.7. The number of aryl methyl sites for hydroxylation is 2. The largest absolute Gasteiger partial charge is 0.480 e. The van der Waals surface area contributed by atoms with Crippen LogP contribution in [0, 0.1) is 13.8 Å². The number of nitrogens with zero attached hydrogens (tertiary/aromatic N) is 3. The van der Waals surface area contributed by atoms with Crippen molar-refractivity contribution in [3.63, 3.8) is 0 Å². The van der Waals surface area contributed by atoms with E-state index in [4.69, 9.17) is 0 Å². The average Bonchev–Trinajstić information content (AvgIpc) is 3.26. The number of rotatable bonds is 7. The average molecular weight is 372 g/mol. The van der Waals surface area contributed by atoms with Gasteiger partial charge in [-0.3, -0.25) is 9.48 Å². The van der Waals surface area contributed by atoms with Crippen molar-refractivity contribution in [1.29, 1.82) is 0 Å². The van der Waals surface area contributed by atoms with Crippen LogP contribution in [0.3, 0.4) is 0 Å². The number of aromatic nitrogens is 2. The number of carbonyl (C=O) groups is 2. The summed E-state index contributed by atoms with van der Waals surface area (Å²) in [5.41, 5.74) is 0.799. The number of nitrogens with one attached hydrogen (secondary N) is 1. The number of aliphatic carboxylic acids is 1. The van der Waals surface area contributed by atoms with E-state index in [-0.39, 0.29) is 10.9 Å². The molecule has 0 bridgehead atoms. The minimum absolute atomic E-state index is 0.0407. The van der Waals surface area contributed by atoms with E-state index in [9.17, 15) is 23.1 Å². The van der Waals surface area contributed by atoms with Crippen molar-refractivity contribution >= 4 is 21.9 Å². The molecule has 1 fully saturated rings. The molecule has 2 atom stereocenters. The fraction of sp³-hybridized carbons (Fsp3) is 0.667. The predicted octanol–water partition coefficient (Wildman–Crippen LogP) is 0.168. The second-order valence-corrected chi connectivity index (χ2v) is 8.11. The Kier molecular flexibility index (Phi) is 5.24. The first-order valence-electron chi connectivity index (χ1n) is 8.05.